The second kappa shape index (κ2) is 11.9. The summed E-state index contributed by atoms with van der Waals surface area (Å²) in [4.78, 5) is 45.0. The fraction of sp³-hybridized carbons (Fsp3) is 0.472. The van der Waals surface area contributed by atoms with Crippen LogP contribution in [0.5, 0.6) is 5.75 Å². The maximum atomic E-state index is 13.5. The van der Waals surface area contributed by atoms with Gasteiger partial charge in [0, 0.05) is 36.7 Å². The number of rotatable bonds is 11. The number of aryl methyl sites for hydroxylation is 1. The molecule has 1 saturated heterocycles. The van der Waals surface area contributed by atoms with Crippen molar-refractivity contribution in [3.63, 3.8) is 0 Å². The summed E-state index contributed by atoms with van der Waals surface area (Å²) in [7, 11) is 0. The number of pyridine rings is 1. The molecule has 5 unspecified atom stereocenters. The number of carbonyl (C=O) groups is 2. The summed E-state index contributed by atoms with van der Waals surface area (Å²) < 4.78 is 0. The van der Waals surface area contributed by atoms with Crippen molar-refractivity contribution in [1.82, 2.24) is 15.2 Å². The number of nitrogens with zero attached hydrogens (tertiary/aromatic N) is 1. The molecule has 1 aliphatic heterocycles. The molecule has 2 saturated carbocycles. The zero-order chi connectivity index (χ0) is 31.2. The van der Waals surface area contributed by atoms with E-state index in [1.54, 1.807) is 18.2 Å². The molecule has 2 heterocycles. The summed E-state index contributed by atoms with van der Waals surface area (Å²) in [6.45, 7) is 9.97. The maximum Gasteiger partial charge on any atom is 0.261 e. The molecule has 8 nitrogen and oxygen atoms in total. The van der Waals surface area contributed by atoms with Gasteiger partial charge in [-0.05, 0) is 111 Å². The van der Waals surface area contributed by atoms with Gasteiger partial charge in [-0.25, -0.2) is 0 Å². The van der Waals surface area contributed by atoms with E-state index in [1.165, 1.54) is 18.4 Å². The fourth-order valence-electron chi connectivity index (χ4n) is 8.34. The quantitative estimate of drug-likeness (QED) is 0.228. The Morgan fingerprint density at radius 2 is 2.09 bits per heavy atom. The number of aromatic amines is 1. The average molecular weight is 597 g/mol. The summed E-state index contributed by atoms with van der Waals surface area (Å²) in [5, 5.41) is 13.3. The Morgan fingerprint density at radius 1 is 1.30 bits per heavy atom. The van der Waals surface area contributed by atoms with Crippen LogP contribution < -0.4 is 16.6 Å². The monoisotopic (exact) mass is 596 g/mol. The highest BCUT2D eigenvalue weighted by molar-refractivity contribution is 5.97. The van der Waals surface area contributed by atoms with E-state index in [0.717, 1.165) is 54.2 Å². The van der Waals surface area contributed by atoms with E-state index in [1.807, 2.05) is 37.3 Å². The van der Waals surface area contributed by atoms with Crippen LogP contribution in [0.25, 0.3) is 0 Å². The first-order valence-electron chi connectivity index (χ1n) is 16.0. The predicted molar refractivity (Wildman–Crippen MR) is 171 cm³/mol. The number of amides is 2. The topological polar surface area (TPSA) is 129 Å². The normalized spacial score (nSPS) is 26.8. The number of aromatic hydroxyl groups is 1. The number of nitrogens with two attached hydrogens (primary N) is 1. The fourth-order valence-corrected chi connectivity index (χ4v) is 8.34. The summed E-state index contributed by atoms with van der Waals surface area (Å²) >= 11 is 0. The maximum absolute atomic E-state index is 13.5. The molecular weight excluding hydrogens is 552 g/mol. The first-order chi connectivity index (χ1) is 21.1. The van der Waals surface area contributed by atoms with Crippen molar-refractivity contribution in [3.8, 4) is 5.75 Å². The number of allylic oxidation sites excluding steroid dienone is 4. The third-order valence-corrected chi connectivity index (χ3v) is 10.5. The van der Waals surface area contributed by atoms with E-state index < -0.39 is 23.4 Å². The largest absolute Gasteiger partial charge is 0.508 e. The number of benzene rings is 1. The molecule has 44 heavy (non-hydrogen) atoms. The number of primary amides is 1. The van der Waals surface area contributed by atoms with Gasteiger partial charge in [0.1, 0.15) is 17.4 Å². The molecule has 8 heteroatoms. The number of likely N-dealkylation sites (tertiary alicyclic amines) is 1. The highest BCUT2D eigenvalue weighted by Gasteiger charge is 2.62. The van der Waals surface area contributed by atoms with E-state index >= 15 is 0 Å². The Labute approximate surface area is 259 Å². The van der Waals surface area contributed by atoms with Crippen LogP contribution in [-0.2, 0) is 23.1 Å². The van der Waals surface area contributed by atoms with Gasteiger partial charge in [0.2, 0.25) is 5.91 Å². The summed E-state index contributed by atoms with van der Waals surface area (Å²) in [5.74, 6) is 0.665. The Morgan fingerprint density at radius 3 is 2.80 bits per heavy atom. The number of phenolic OH excluding ortho intramolecular Hbond substituents is 1. The number of fused-ring (bicyclic) bond motifs is 4. The second-order valence-corrected chi connectivity index (χ2v) is 13.4. The molecule has 1 aromatic heterocycles. The zero-order valence-corrected chi connectivity index (χ0v) is 25.8. The molecule has 5 atom stereocenters. The van der Waals surface area contributed by atoms with Gasteiger partial charge < -0.3 is 21.1 Å². The molecule has 232 valence electrons. The number of carbonyl (C=O) groups excluding carboxylic acids is 2. The van der Waals surface area contributed by atoms with Crippen LogP contribution >= 0.6 is 0 Å². The minimum Gasteiger partial charge on any atom is -0.508 e. The van der Waals surface area contributed by atoms with Gasteiger partial charge in [0.15, 0.2) is 0 Å². The van der Waals surface area contributed by atoms with Gasteiger partial charge in [-0.15, -0.1) is 6.58 Å². The molecule has 3 aliphatic carbocycles. The van der Waals surface area contributed by atoms with E-state index in [9.17, 15) is 19.5 Å². The van der Waals surface area contributed by atoms with Crippen LogP contribution in [0.3, 0.4) is 0 Å². The second-order valence-electron chi connectivity index (χ2n) is 13.4. The smallest absolute Gasteiger partial charge is 0.261 e. The van der Waals surface area contributed by atoms with Gasteiger partial charge in [0.05, 0.1) is 0 Å². The van der Waals surface area contributed by atoms with Gasteiger partial charge in [-0.3, -0.25) is 19.3 Å². The lowest BCUT2D eigenvalue weighted by atomic mass is 9.62. The van der Waals surface area contributed by atoms with E-state index in [4.69, 9.17) is 5.73 Å². The third-order valence-electron chi connectivity index (χ3n) is 10.5. The number of nitrogens with one attached hydrogen (secondary N) is 2. The first kappa shape index (κ1) is 30.1. The molecule has 2 amide bonds. The summed E-state index contributed by atoms with van der Waals surface area (Å²) in [6, 6.07) is 6.88. The molecule has 1 aromatic carbocycles. The van der Waals surface area contributed by atoms with Crippen LogP contribution in [0, 0.1) is 24.7 Å². The van der Waals surface area contributed by atoms with Crippen LogP contribution in [0.15, 0.2) is 65.5 Å². The van der Waals surface area contributed by atoms with Crippen LogP contribution in [0.2, 0.25) is 0 Å². The minimum absolute atomic E-state index is 0.00307. The molecule has 3 fully saturated rings. The van der Waals surface area contributed by atoms with Crippen molar-refractivity contribution in [2.24, 2.45) is 23.5 Å². The van der Waals surface area contributed by atoms with E-state index in [-0.39, 0.29) is 23.1 Å². The average Bonchev–Trinajstić information content (AvgIpc) is 3.76. The first-order valence-corrected chi connectivity index (χ1v) is 16.0. The molecule has 5 N–H and O–H groups in total. The lowest BCUT2D eigenvalue weighted by Crippen LogP contribution is -2.58. The lowest BCUT2D eigenvalue weighted by Gasteiger charge is -2.49. The van der Waals surface area contributed by atoms with Crippen LogP contribution in [-0.4, -0.2) is 52.0 Å². The number of H-pyrrole nitrogens is 1. The van der Waals surface area contributed by atoms with Gasteiger partial charge in [0.25, 0.3) is 11.5 Å². The molecule has 2 aromatic rings. The highest BCUT2D eigenvalue weighted by atomic mass is 16.3. The lowest BCUT2D eigenvalue weighted by molar-refractivity contribution is -0.119. The van der Waals surface area contributed by atoms with Crippen LogP contribution in [0.4, 0.5) is 0 Å². The summed E-state index contributed by atoms with van der Waals surface area (Å²) in [6.07, 6.45) is 13.3. The molecule has 0 bridgehead atoms. The number of hydrogen-bond donors (Lipinski definition) is 4. The Kier molecular flexibility index (Phi) is 8.14. The molecule has 0 spiro atoms. The Hall–Kier alpha value is -3.91. The number of phenols is 1. The van der Waals surface area contributed by atoms with Crippen molar-refractivity contribution < 1.29 is 14.7 Å². The van der Waals surface area contributed by atoms with E-state index in [2.05, 4.69) is 28.7 Å². The van der Waals surface area contributed by atoms with Crippen molar-refractivity contribution in [3.05, 3.63) is 99.0 Å². The predicted octanol–water partition coefficient (Wildman–Crippen LogP) is 4.21. The number of aromatic nitrogens is 1. The van der Waals surface area contributed by atoms with Crippen molar-refractivity contribution in [2.45, 2.75) is 76.3 Å². The minimum atomic E-state index is -0.965. The Balaban J connectivity index is 1.31. The van der Waals surface area contributed by atoms with Gasteiger partial charge in [-0.1, -0.05) is 30.4 Å². The summed E-state index contributed by atoms with van der Waals surface area (Å²) in [5.41, 5.74) is 10.0. The standard InChI is InChI=1S/C36H44N4O4/c1-4-6-8-22(7-5-2)13-30(33(37)42)38-34(43)27-14-24-15-29-32-25(20-40(32)19-23-10-11-23)17-36(29,18-31(24)39-35(27)44)28-16-26(41)12-9-21(28)3/h4-5,7-9,12,14,16,23,25,29-30,32,41H,1,6,10-11,13,15,17-20H2,2-3H3,(H2,37,42)(H,38,43)(H,39,44). The third kappa shape index (κ3) is 5.56. The SMILES string of the molecule is C=CCC=C(C=CC)CC(NC(=O)c1cc2c([nH]c1=O)CC1(c3cc(O)ccc3C)CC3CN(CC4CC4)C3C1C2)C(N)=O. The molecule has 6 rings (SSSR count). The van der Waals surface area contributed by atoms with Gasteiger partial charge >= 0.3 is 0 Å². The molecule has 0 radical (unpaired) electrons. The molecule has 4 aliphatic rings. The van der Waals surface area contributed by atoms with Crippen LogP contribution in [0.1, 0.15) is 71.8 Å². The van der Waals surface area contributed by atoms with Crippen molar-refractivity contribution in [2.75, 3.05) is 13.1 Å². The number of hydrogen-bond acceptors (Lipinski definition) is 5. The highest BCUT2D eigenvalue weighted by Crippen LogP contribution is 2.60. The Bertz CT molecular complexity index is 1600. The molecular formula is C36H44N4O4. The van der Waals surface area contributed by atoms with Crippen molar-refractivity contribution in [1.29, 1.82) is 0 Å². The van der Waals surface area contributed by atoms with Gasteiger partial charge in [-0.2, -0.15) is 0 Å². The van der Waals surface area contributed by atoms with Crippen molar-refractivity contribution >= 4 is 11.8 Å². The zero-order valence-electron chi connectivity index (χ0n) is 25.8. The van der Waals surface area contributed by atoms with E-state index in [0.29, 0.717) is 30.7 Å².